The predicted molar refractivity (Wildman–Crippen MR) is 85.6 cm³/mol. The fourth-order valence-electron chi connectivity index (χ4n) is 2.78. The number of rotatable bonds is 5. The molecule has 1 atom stereocenters. The van der Waals surface area contributed by atoms with Crippen LogP contribution in [0.4, 0.5) is 5.69 Å². The zero-order chi connectivity index (χ0) is 15.9. The molecular weight excluding hydrogens is 280 g/mol. The lowest BCUT2D eigenvalue weighted by Gasteiger charge is -2.30. The molecule has 5 nitrogen and oxygen atoms in total. The fourth-order valence-corrected chi connectivity index (χ4v) is 2.78. The van der Waals surface area contributed by atoms with Gasteiger partial charge in [0.15, 0.2) is 0 Å². The summed E-state index contributed by atoms with van der Waals surface area (Å²) in [6.45, 7) is 5.96. The van der Waals surface area contributed by atoms with Crippen molar-refractivity contribution in [1.82, 2.24) is 4.90 Å². The van der Waals surface area contributed by atoms with Gasteiger partial charge < -0.3 is 10.1 Å². The van der Waals surface area contributed by atoms with Gasteiger partial charge in [-0.3, -0.25) is 14.5 Å². The van der Waals surface area contributed by atoms with Gasteiger partial charge in [-0.2, -0.15) is 0 Å². The summed E-state index contributed by atoms with van der Waals surface area (Å²) >= 11 is 0. The average Bonchev–Trinajstić information content (AvgIpc) is 2.47. The zero-order valence-corrected chi connectivity index (χ0v) is 13.3. The summed E-state index contributed by atoms with van der Waals surface area (Å²) in [5.41, 5.74) is 1.92. The molecule has 1 heterocycles. The molecule has 120 valence electrons. The van der Waals surface area contributed by atoms with Gasteiger partial charge in [-0.05, 0) is 50.9 Å². The molecule has 1 fully saturated rings. The zero-order valence-electron chi connectivity index (χ0n) is 13.3. The monoisotopic (exact) mass is 304 g/mol. The summed E-state index contributed by atoms with van der Waals surface area (Å²) in [6.07, 6.45) is 1.76. The Balaban J connectivity index is 1.84. The summed E-state index contributed by atoms with van der Waals surface area (Å²) in [6, 6.07) is 7.73. The number of likely N-dealkylation sites (tertiary alicyclic amines) is 1. The number of nitrogens with zero attached hydrogens (tertiary/aromatic N) is 1. The summed E-state index contributed by atoms with van der Waals surface area (Å²) in [5, 5.41) is 2.90. The van der Waals surface area contributed by atoms with Crippen LogP contribution in [0.3, 0.4) is 0 Å². The molecule has 0 saturated carbocycles. The first-order chi connectivity index (χ1) is 10.6. The van der Waals surface area contributed by atoms with E-state index in [9.17, 15) is 9.59 Å². The van der Waals surface area contributed by atoms with Crippen LogP contribution in [0.25, 0.3) is 0 Å². The van der Waals surface area contributed by atoms with Crippen molar-refractivity contribution in [3.05, 3.63) is 29.8 Å². The molecule has 1 unspecified atom stereocenters. The van der Waals surface area contributed by atoms with Gasteiger partial charge in [0.1, 0.15) is 0 Å². The van der Waals surface area contributed by atoms with Crippen molar-refractivity contribution in [3.63, 3.8) is 0 Å². The summed E-state index contributed by atoms with van der Waals surface area (Å²) in [5.74, 6) is -0.304. The smallest absolute Gasteiger partial charge is 0.310 e. The molecule has 1 aromatic rings. The second-order valence-electron chi connectivity index (χ2n) is 5.74. The number of carbonyl (C=O) groups is 2. The van der Waals surface area contributed by atoms with Gasteiger partial charge in [0, 0.05) is 12.2 Å². The number of ether oxygens (including phenoxy) is 1. The number of nitrogens with one attached hydrogen (secondary N) is 1. The predicted octanol–water partition coefficient (Wildman–Crippen LogP) is 2.21. The van der Waals surface area contributed by atoms with Crippen molar-refractivity contribution in [3.8, 4) is 0 Å². The molecule has 2 rings (SSSR count). The number of hydrogen-bond donors (Lipinski definition) is 1. The van der Waals surface area contributed by atoms with E-state index < -0.39 is 0 Å². The molecule has 0 bridgehead atoms. The molecule has 1 saturated heterocycles. The Morgan fingerprint density at radius 2 is 2.23 bits per heavy atom. The lowest BCUT2D eigenvalue weighted by atomic mass is 9.98. The van der Waals surface area contributed by atoms with Crippen molar-refractivity contribution in [2.75, 3.05) is 31.6 Å². The number of amides is 1. The van der Waals surface area contributed by atoms with E-state index in [-0.39, 0.29) is 17.8 Å². The molecule has 1 aliphatic rings. The third-order valence-corrected chi connectivity index (χ3v) is 3.79. The molecule has 0 aromatic heterocycles. The molecule has 5 heteroatoms. The van der Waals surface area contributed by atoms with E-state index in [2.05, 4.69) is 5.32 Å². The number of aryl methyl sites for hydroxylation is 1. The number of esters is 1. The van der Waals surface area contributed by atoms with E-state index in [0.717, 1.165) is 30.6 Å². The third-order valence-electron chi connectivity index (χ3n) is 3.79. The quantitative estimate of drug-likeness (QED) is 0.847. The van der Waals surface area contributed by atoms with Gasteiger partial charge in [-0.25, -0.2) is 0 Å². The SMILES string of the molecule is CCOC(=O)C1CCCN(CC(=O)Nc2cccc(C)c2)C1. The van der Waals surface area contributed by atoms with Crippen molar-refractivity contribution >= 4 is 17.6 Å². The minimum absolute atomic E-state index is 0.0462. The van der Waals surface area contributed by atoms with E-state index in [1.54, 1.807) is 0 Å². The van der Waals surface area contributed by atoms with E-state index >= 15 is 0 Å². The number of piperidine rings is 1. The Labute approximate surface area is 131 Å². The topological polar surface area (TPSA) is 58.6 Å². The lowest BCUT2D eigenvalue weighted by Crippen LogP contribution is -2.43. The maximum Gasteiger partial charge on any atom is 0.310 e. The normalized spacial score (nSPS) is 18.7. The second-order valence-corrected chi connectivity index (χ2v) is 5.74. The summed E-state index contributed by atoms with van der Waals surface area (Å²) in [7, 11) is 0. The van der Waals surface area contributed by atoms with Crippen LogP contribution >= 0.6 is 0 Å². The van der Waals surface area contributed by atoms with Gasteiger partial charge in [-0.1, -0.05) is 12.1 Å². The maximum absolute atomic E-state index is 12.1. The summed E-state index contributed by atoms with van der Waals surface area (Å²) in [4.78, 5) is 26.0. The van der Waals surface area contributed by atoms with Crippen LogP contribution in [0.15, 0.2) is 24.3 Å². The molecule has 1 N–H and O–H groups in total. The van der Waals surface area contributed by atoms with Crippen molar-refractivity contribution in [2.24, 2.45) is 5.92 Å². The Morgan fingerprint density at radius 1 is 1.41 bits per heavy atom. The van der Waals surface area contributed by atoms with Gasteiger partial charge in [-0.15, -0.1) is 0 Å². The van der Waals surface area contributed by atoms with Crippen LogP contribution in [0.2, 0.25) is 0 Å². The van der Waals surface area contributed by atoms with Crippen molar-refractivity contribution in [1.29, 1.82) is 0 Å². The molecule has 1 amide bonds. The van der Waals surface area contributed by atoms with Crippen LogP contribution in [0.5, 0.6) is 0 Å². The number of benzene rings is 1. The first kappa shape index (κ1) is 16.5. The van der Waals surface area contributed by atoms with Crippen LogP contribution < -0.4 is 5.32 Å². The largest absolute Gasteiger partial charge is 0.466 e. The maximum atomic E-state index is 12.1. The molecule has 1 aromatic carbocycles. The first-order valence-electron chi connectivity index (χ1n) is 7.84. The van der Waals surface area contributed by atoms with Crippen LogP contribution in [0, 0.1) is 12.8 Å². The van der Waals surface area contributed by atoms with E-state index in [4.69, 9.17) is 4.74 Å². The van der Waals surface area contributed by atoms with Crippen LogP contribution in [-0.4, -0.2) is 43.0 Å². The van der Waals surface area contributed by atoms with Crippen molar-refractivity contribution in [2.45, 2.75) is 26.7 Å². The highest BCUT2D eigenvalue weighted by molar-refractivity contribution is 5.92. The fraction of sp³-hybridized carbons (Fsp3) is 0.529. The van der Waals surface area contributed by atoms with E-state index in [1.165, 1.54) is 0 Å². The highest BCUT2D eigenvalue weighted by atomic mass is 16.5. The van der Waals surface area contributed by atoms with E-state index in [0.29, 0.717) is 19.7 Å². The molecular formula is C17H24N2O3. The van der Waals surface area contributed by atoms with E-state index in [1.807, 2.05) is 43.0 Å². The highest BCUT2D eigenvalue weighted by Gasteiger charge is 2.27. The number of carbonyl (C=O) groups excluding carboxylic acids is 2. The highest BCUT2D eigenvalue weighted by Crippen LogP contribution is 2.18. The Hall–Kier alpha value is -1.88. The first-order valence-corrected chi connectivity index (χ1v) is 7.84. The van der Waals surface area contributed by atoms with Gasteiger partial charge >= 0.3 is 5.97 Å². The standard InChI is InChI=1S/C17H24N2O3/c1-3-22-17(21)14-7-5-9-19(11-14)12-16(20)18-15-8-4-6-13(2)10-15/h4,6,8,10,14H,3,5,7,9,11-12H2,1-2H3,(H,18,20). The average molecular weight is 304 g/mol. The molecule has 22 heavy (non-hydrogen) atoms. The molecule has 1 aliphatic heterocycles. The lowest BCUT2D eigenvalue weighted by molar-refractivity contribution is -0.150. The Morgan fingerprint density at radius 3 is 2.95 bits per heavy atom. The molecule has 0 aliphatic carbocycles. The van der Waals surface area contributed by atoms with Crippen molar-refractivity contribution < 1.29 is 14.3 Å². The van der Waals surface area contributed by atoms with Crippen LogP contribution in [-0.2, 0) is 14.3 Å². The molecule has 0 radical (unpaired) electrons. The van der Waals surface area contributed by atoms with Gasteiger partial charge in [0.05, 0.1) is 19.1 Å². The number of anilines is 1. The number of hydrogen-bond acceptors (Lipinski definition) is 4. The van der Waals surface area contributed by atoms with Crippen LogP contribution in [0.1, 0.15) is 25.3 Å². The minimum Gasteiger partial charge on any atom is -0.466 e. The third kappa shape index (κ3) is 4.84. The summed E-state index contributed by atoms with van der Waals surface area (Å²) < 4.78 is 5.08. The Bertz CT molecular complexity index is 530. The van der Waals surface area contributed by atoms with Gasteiger partial charge in [0.2, 0.25) is 5.91 Å². The minimum atomic E-state index is -0.147. The second kappa shape index (κ2) is 7.94. The Kier molecular flexibility index (Phi) is 5.95. The van der Waals surface area contributed by atoms with Gasteiger partial charge in [0.25, 0.3) is 0 Å². The molecule has 0 spiro atoms.